The third kappa shape index (κ3) is 8.29. The molecule has 1 atom stereocenters. The van der Waals surface area contributed by atoms with E-state index in [9.17, 15) is 9.59 Å². The highest BCUT2D eigenvalue weighted by Crippen LogP contribution is 2.18. The van der Waals surface area contributed by atoms with Crippen LogP contribution in [0.1, 0.15) is 43.0 Å². The summed E-state index contributed by atoms with van der Waals surface area (Å²) in [7, 11) is 0. The van der Waals surface area contributed by atoms with Crippen LogP contribution in [0.3, 0.4) is 0 Å². The first kappa shape index (κ1) is 26.0. The van der Waals surface area contributed by atoms with Crippen molar-refractivity contribution in [3.05, 3.63) is 101 Å². The van der Waals surface area contributed by atoms with E-state index in [0.29, 0.717) is 18.7 Å². The first-order valence-corrected chi connectivity index (χ1v) is 12.0. The number of nitrogens with zero attached hydrogens (tertiary/aromatic N) is 1. The van der Waals surface area contributed by atoms with Gasteiger partial charge >= 0.3 is 0 Å². The topological polar surface area (TPSA) is 58.6 Å². The Balaban J connectivity index is 1.92. The van der Waals surface area contributed by atoms with Crippen LogP contribution >= 0.6 is 0 Å². The summed E-state index contributed by atoms with van der Waals surface area (Å²) < 4.78 is 5.82. The number of carbonyl (C=O) groups is 2. The van der Waals surface area contributed by atoms with E-state index in [1.165, 1.54) is 0 Å². The molecule has 35 heavy (non-hydrogen) atoms. The summed E-state index contributed by atoms with van der Waals surface area (Å²) in [6, 6.07) is 24.7. The fraction of sp³-hybridized carbons (Fsp3) is 0.333. The van der Waals surface area contributed by atoms with E-state index in [4.69, 9.17) is 4.74 Å². The Labute approximate surface area is 209 Å². The molecule has 0 unspecified atom stereocenters. The molecule has 0 aliphatic heterocycles. The van der Waals surface area contributed by atoms with Gasteiger partial charge in [0, 0.05) is 18.5 Å². The lowest BCUT2D eigenvalue weighted by atomic mass is 10.0. The molecule has 2 amide bonds. The van der Waals surface area contributed by atoms with Crippen molar-refractivity contribution in [2.45, 2.75) is 59.2 Å². The van der Waals surface area contributed by atoms with Gasteiger partial charge in [0.25, 0.3) is 5.91 Å². The summed E-state index contributed by atoms with van der Waals surface area (Å²) in [5.41, 5.74) is 3.75. The minimum Gasteiger partial charge on any atom is -0.484 e. The molecule has 184 valence electrons. The molecule has 0 saturated heterocycles. The Bertz CT molecular complexity index is 1120. The smallest absolute Gasteiger partial charge is 0.261 e. The van der Waals surface area contributed by atoms with Gasteiger partial charge in [0.15, 0.2) is 6.61 Å². The summed E-state index contributed by atoms with van der Waals surface area (Å²) >= 11 is 0. The quantitative estimate of drug-likeness (QED) is 0.464. The molecule has 3 rings (SSSR count). The number of carbonyl (C=O) groups excluding carboxylic acids is 2. The summed E-state index contributed by atoms with van der Waals surface area (Å²) in [6.07, 6.45) is 0.408. The van der Waals surface area contributed by atoms with Crippen molar-refractivity contribution in [3.63, 3.8) is 0 Å². The number of benzene rings is 3. The third-order valence-corrected chi connectivity index (χ3v) is 5.59. The lowest BCUT2D eigenvalue weighted by Gasteiger charge is -2.33. The SMILES string of the molecule is Cc1ccc(OCC(=O)N(Cc2cccc(C)c2)[C@@H](Cc2ccccc2)C(=O)NC(C)(C)C)cc1. The lowest BCUT2D eigenvalue weighted by Crippen LogP contribution is -2.55. The lowest BCUT2D eigenvalue weighted by molar-refractivity contribution is -0.143. The van der Waals surface area contributed by atoms with Crippen molar-refractivity contribution in [1.82, 2.24) is 10.2 Å². The van der Waals surface area contributed by atoms with Crippen LogP contribution in [0.5, 0.6) is 5.75 Å². The first-order chi connectivity index (χ1) is 16.6. The molecule has 0 aliphatic carbocycles. The summed E-state index contributed by atoms with van der Waals surface area (Å²) in [5.74, 6) is 0.202. The normalized spacial score (nSPS) is 12.0. The molecule has 3 aromatic carbocycles. The second kappa shape index (κ2) is 11.7. The number of aryl methyl sites for hydroxylation is 2. The number of amides is 2. The Hall–Kier alpha value is -3.60. The zero-order chi connectivity index (χ0) is 25.4. The minimum atomic E-state index is -0.689. The number of rotatable bonds is 9. The van der Waals surface area contributed by atoms with Gasteiger partial charge in [-0.05, 0) is 57.9 Å². The molecule has 0 radical (unpaired) electrons. The molecule has 0 bridgehead atoms. The molecule has 0 saturated carbocycles. The Morgan fingerprint density at radius 2 is 1.51 bits per heavy atom. The number of nitrogens with one attached hydrogen (secondary N) is 1. The van der Waals surface area contributed by atoms with E-state index >= 15 is 0 Å². The van der Waals surface area contributed by atoms with Crippen LogP contribution in [-0.2, 0) is 22.6 Å². The van der Waals surface area contributed by atoms with Crippen LogP contribution in [0.15, 0.2) is 78.9 Å². The van der Waals surface area contributed by atoms with Gasteiger partial charge in [-0.1, -0.05) is 77.9 Å². The Kier molecular flexibility index (Phi) is 8.69. The van der Waals surface area contributed by atoms with E-state index in [2.05, 4.69) is 5.32 Å². The molecule has 0 spiro atoms. The number of hydrogen-bond donors (Lipinski definition) is 1. The summed E-state index contributed by atoms with van der Waals surface area (Å²) in [5, 5.41) is 3.08. The maximum Gasteiger partial charge on any atom is 0.261 e. The van der Waals surface area contributed by atoms with Crippen LogP contribution in [0, 0.1) is 13.8 Å². The van der Waals surface area contributed by atoms with E-state index in [0.717, 1.165) is 22.3 Å². The highest BCUT2D eigenvalue weighted by Gasteiger charge is 2.32. The zero-order valence-electron chi connectivity index (χ0n) is 21.4. The molecule has 5 nitrogen and oxygen atoms in total. The van der Waals surface area contributed by atoms with Gasteiger partial charge in [0.05, 0.1) is 0 Å². The van der Waals surface area contributed by atoms with Crippen molar-refractivity contribution < 1.29 is 14.3 Å². The standard InChI is InChI=1S/C30H36N2O3/c1-22-14-16-26(17-15-22)35-21-28(33)32(20-25-13-9-10-23(2)18-25)27(29(34)31-30(3,4)5)19-24-11-7-6-8-12-24/h6-18,27H,19-21H2,1-5H3,(H,31,34)/t27-/m0/s1. The van der Waals surface area contributed by atoms with E-state index in [-0.39, 0.29) is 18.4 Å². The van der Waals surface area contributed by atoms with Crippen LogP contribution in [0.4, 0.5) is 0 Å². The molecule has 0 heterocycles. The summed E-state index contributed by atoms with van der Waals surface area (Å²) in [6.45, 7) is 10.0. The van der Waals surface area contributed by atoms with Crippen LogP contribution < -0.4 is 10.1 Å². The minimum absolute atomic E-state index is 0.150. The third-order valence-electron chi connectivity index (χ3n) is 5.59. The fourth-order valence-corrected chi connectivity index (χ4v) is 3.88. The van der Waals surface area contributed by atoms with Gasteiger partial charge in [-0.3, -0.25) is 9.59 Å². The molecule has 0 fully saturated rings. The van der Waals surface area contributed by atoms with Crippen molar-refractivity contribution in [2.75, 3.05) is 6.61 Å². The van der Waals surface area contributed by atoms with Gasteiger partial charge < -0.3 is 15.0 Å². The predicted octanol–water partition coefficient (Wildman–Crippen LogP) is 5.24. The second-order valence-corrected chi connectivity index (χ2v) is 10.1. The van der Waals surface area contributed by atoms with E-state index in [1.807, 2.05) is 113 Å². The first-order valence-electron chi connectivity index (χ1n) is 12.0. The van der Waals surface area contributed by atoms with Crippen LogP contribution in [0.2, 0.25) is 0 Å². The Morgan fingerprint density at radius 3 is 2.14 bits per heavy atom. The second-order valence-electron chi connectivity index (χ2n) is 10.1. The van der Waals surface area contributed by atoms with Crippen molar-refractivity contribution in [2.24, 2.45) is 0 Å². The molecular formula is C30H36N2O3. The highest BCUT2D eigenvalue weighted by molar-refractivity contribution is 5.89. The van der Waals surface area contributed by atoms with Gasteiger partial charge in [0.2, 0.25) is 5.91 Å². The average molecular weight is 473 g/mol. The average Bonchev–Trinajstić information content (AvgIpc) is 2.80. The van der Waals surface area contributed by atoms with Gasteiger partial charge in [0.1, 0.15) is 11.8 Å². The molecular weight excluding hydrogens is 436 g/mol. The molecule has 3 aromatic rings. The van der Waals surface area contributed by atoms with Gasteiger partial charge in [-0.2, -0.15) is 0 Å². The largest absolute Gasteiger partial charge is 0.484 e. The molecule has 5 heteroatoms. The fourth-order valence-electron chi connectivity index (χ4n) is 3.88. The van der Waals surface area contributed by atoms with Gasteiger partial charge in [-0.25, -0.2) is 0 Å². The van der Waals surface area contributed by atoms with Gasteiger partial charge in [-0.15, -0.1) is 0 Å². The molecule has 0 aromatic heterocycles. The number of ether oxygens (including phenoxy) is 1. The zero-order valence-corrected chi connectivity index (χ0v) is 21.4. The van der Waals surface area contributed by atoms with Crippen LogP contribution in [-0.4, -0.2) is 34.9 Å². The van der Waals surface area contributed by atoms with Crippen molar-refractivity contribution in [1.29, 1.82) is 0 Å². The van der Waals surface area contributed by atoms with E-state index < -0.39 is 11.6 Å². The monoisotopic (exact) mass is 472 g/mol. The van der Waals surface area contributed by atoms with Crippen molar-refractivity contribution >= 4 is 11.8 Å². The van der Waals surface area contributed by atoms with Crippen LogP contribution in [0.25, 0.3) is 0 Å². The molecule has 0 aliphatic rings. The number of hydrogen-bond acceptors (Lipinski definition) is 3. The van der Waals surface area contributed by atoms with E-state index in [1.54, 1.807) is 4.90 Å². The Morgan fingerprint density at radius 1 is 0.857 bits per heavy atom. The highest BCUT2D eigenvalue weighted by atomic mass is 16.5. The van der Waals surface area contributed by atoms with Crippen molar-refractivity contribution in [3.8, 4) is 5.75 Å². The predicted molar refractivity (Wildman–Crippen MR) is 140 cm³/mol. The molecule has 1 N–H and O–H groups in total. The maximum atomic E-state index is 13.6. The summed E-state index contributed by atoms with van der Waals surface area (Å²) in [4.78, 5) is 28.8. The maximum absolute atomic E-state index is 13.6.